The van der Waals surface area contributed by atoms with Crippen molar-refractivity contribution < 1.29 is 0 Å². The first-order valence-corrected chi connectivity index (χ1v) is 4.65. The lowest BCUT2D eigenvalue weighted by Crippen LogP contribution is -1.72. The first-order chi connectivity index (χ1) is 5.81. The van der Waals surface area contributed by atoms with Crippen LogP contribution in [-0.4, -0.2) is 10.2 Å². The van der Waals surface area contributed by atoms with Crippen molar-refractivity contribution in [3.63, 3.8) is 0 Å². The summed E-state index contributed by atoms with van der Waals surface area (Å²) in [6, 6.07) is 6.10. The van der Waals surface area contributed by atoms with E-state index in [0.717, 1.165) is 14.8 Å². The maximum atomic E-state index is 4.15. The van der Waals surface area contributed by atoms with Gasteiger partial charge in [0.25, 0.3) is 0 Å². The highest BCUT2D eigenvalue weighted by atomic mass is 127. The van der Waals surface area contributed by atoms with E-state index < -0.39 is 0 Å². The average molecular weight is 270 g/mol. The average Bonchev–Trinajstić information content (AvgIpc) is 2.47. The Labute approximate surface area is 83.8 Å². The molecule has 1 heterocycles. The highest BCUT2D eigenvalue weighted by molar-refractivity contribution is 14.1. The van der Waals surface area contributed by atoms with Gasteiger partial charge in [0.2, 0.25) is 0 Å². The van der Waals surface area contributed by atoms with Crippen molar-refractivity contribution in [1.82, 2.24) is 10.2 Å². The van der Waals surface area contributed by atoms with Crippen LogP contribution in [-0.2, 0) is 0 Å². The van der Waals surface area contributed by atoms with Crippen LogP contribution in [0.4, 0.5) is 0 Å². The van der Waals surface area contributed by atoms with Gasteiger partial charge in [-0.05, 0) is 40.3 Å². The number of rotatable bonds is 1. The van der Waals surface area contributed by atoms with Crippen LogP contribution in [0.1, 0.15) is 5.56 Å². The van der Waals surface area contributed by atoms with Crippen molar-refractivity contribution >= 4 is 39.6 Å². The van der Waals surface area contributed by atoms with Crippen molar-refractivity contribution in [2.24, 2.45) is 0 Å². The summed E-state index contributed by atoms with van der Waals surface area (Å²) in [5, 5.41) is 8.24. The largest absolute Gasteiger partial charge is 0.271 e. The summed E-state index contributed by atoms with van der Waals surface area (Å²) in [7, 11) is 0. The summed E-state index contributed by atoms with van der Waals surface area (Å²) in [4.78, 5) is 0. The van der Waals surface area contributed by atoms with Gasteiger partial charge in [0.05, 0.1) is 5.52 Å². The Morgan fingerprint density at radius 1 is 1.50 bits per heavy atom. The van der Waals surface area contributed by atoms with Gasteiger partial charge in [0.15, 0.2) is 0 Å². The van der Waals surface area contributed by atoms with Crippen LogP contribution in [0.3, 0.4) is 0 Å². The van der Waals surface area contributed by atoms with Gasteiger partial charge >= 0.3 is 0 Å². The van der Waals surface area contributed by atoms with Gasteiger partial charge in [-0.3, -0.25) is 5.10 Å². The number of H-pyrrole nitrogens is 1. The van der Waals surface area contributed by atoms with E-state index in [9.17, 15) is 0 Å². The number of fused-ring (bicyclic) bond motifs is 1. The zero-order chi connectivity index (χ0) is 8.55. The fourth-order valence-corrected chi connectivity index (χ4v) is 1.70. The second-order valence-corrected chi connectivity index (χ2v) is 3.60. The third kappa shape index (κ3) is 1.14. The molecule has 0 unspecified atom stereocenters. The zero-order valence-electron chi connectivity index (χ0n) is 6.34. The van der Waals surface area contributed by atoms with Crippen LogP contribution in [0.2, 0.25) is 0 Å². The van der Waals surface area contributed by atoms with Crippen molar-refractivity contribution in [3.05, 3.63) is 34.0 Å². The SMILES string of the molecule is C=Cc1ccc2c(I)[nH]nc2c1. The van der Waals surface area contributed by atoms with Crippen molar-refractivity contribution in [2.75, 3.05) is 0 Å². The molecule has 0 fully saturated rings. The molecule has 3 heteroatoms. The fraction of sp³-hybridized carbons (Fsp3) is 0. The molecule has 0 saturated heterocycles. The number of nitrogens with one attached hydrogen (secondary N) is 1. The van der Waals surface area contributed by atoms with Crippen LogP contribution in [0.15, 0.2) is 24.8 Å². The van der Waals surface area contributed by atoms with E-state index in [0.29, 0.717) is 0 Å². The number of halogens is 1. The summed E-state index contributed by atoms with van der Waals surface area (Å²) in [6.45, 7) is 3.70. The van der Waals surface area contributed by atoms with E-state index in [4.69, 9.17) is 0 Å². The van der Waals surface area contributed by atoms with E-state index in [1.807, 2.05) is 18.2 Å². The molecule has 2 nitrogen and oxygen atoms in total. The third-order valence-electron chi connectivity index (χ3n) is 1.77. The molecule has 0 atom stereocenters. The lowest BCUT2D eigenvalue weighted by molar-refractivity contribution is 1.09. The van der Waals surface area contributed by atoms with E-state index in [2.05, 4.69) is 45.4 Å². The van der Waals surface area contributed by atoms with E-state index in [-0.39, 0.29) is 0 Å². The lowest BCUT2D eigenvalue weighted by Gasteiger charge is -1.91. The van der Waals surface area contributed by atoms with Crippen LogP contribution < -0.4 is 0 Å². The van der Waals surface area contributed by atoms with Crippen molar-refractivity contribution in [2.45, 2.75) is 0 Å². The Bertz CT molecular complexity index is 431. The number of aromatic nitrogens is 2. The number of nitrogens with zero attached hydrogens (tertiary/aromatic N) is 1. The minimum atomic E-state index is 0.997. The zero-order valence-corrected chi connectivity index (χ0v) is 8.50. The standard InChI is InChI=1S/C9H7IN2/c1-2-6-3-4-7-8(5-6)11-12-9(7)10/h2-5H,1H2,(H,11,12). The Kier molecular flexibility index (Phi) is 1.88. The molecule has 2 aromatic rings. The van der Waals surface area contributed by atoms with Gasteiger partial charge in [0.1, 0.15) is 3.70 Å². The minimum Gasteiger partial charge on any atom is -0.271 e. The molecule has 60 valence electrons. The summed E-state index contributed by atoms with van der Waals surface area (Å²) in [6.07, 6.45) is 1.82. The van der Waals surface area contributed by atoms with E-state index in [1.54, 1.807) is 0 Å². The Balaban J connectivity index is 2.77. The number of hydrogen-bond acceptors (Lipinski definition) is 1. The highest BCUT2D eigenvalue weighted by Gasteiger charge is 2.00. The predicted molar refractivity (Wildman–Crippen MR) is 58.9 cm³/mol. The van der Waals surface area contributed by atoms with Gasteiger partial charge in [-0.1, -0.05) is 18.7 Å². The van der Waals surface area contributed by atoms with E-state index in [1.165, 1.54) is 5.39 Å². The van der Waals surface area contributed by atoms with Crippen LogP contribution in [0, 0.1) is 3.70 Å². The van der Waals surface area contributed by atoms with Gasteiger partial charge < -0.3 is 0 Å². The maximum Gasteiger partial charge on any atom is 0.104 e. The Morgan fingerprint density at radius 3 is 3.08 bits per heavy atom. The molecule has 1 aromatic heterocycles. The fourth-order valence-electron chi connectivity index (χ4n) is 1.12. The van der Waals surface area contributed by atoms with Gasteiger partial charge in [-0.15, -0.1) is 0 Å². The molecule has 2 rings (SSSR count). The minimum absolute atomic E-state index is 0.997. The smallest absolute Gasteiger partial charge is 0.104 e. The monoisotopic (exact) mass is 270 g/mol. The molecule has 0 saturated carbocycles. The molecule has 0 radical (unpaired) electrons. The molecule has 0 aliphatic heterocycles. The lowest BCUT2D eigenvalue weighted by atomic mass is 10.2. The molecule has 0 amide bonds. The maximum absolute atomic E-state index is 4.15. The predicted octanol–water partition coefficient (Wildman–Crippen LogP) is 2.81. The summed E-state index contributed by atoms with van der Waals surface area (Å²) in [5.41, 5.74) is 2.10. The van der Waals surface area contributed by atoms with Gasteiger partial charge in [0, 0.05) is 5.39 Å². The molecule has 1 N–H and O–H groups in total. The summed E-state index contributed by atoms with van der Waals surface area (Å²) >= 11 is 2.23. The molecule has 1 aromatic carbocycles. The molecule has 0 spiro atoms. The van der Waals surface area contributed by atoms with Crippen LogP contribution in [0.25, 0.3) is 17.0 Å². The Morgan fingerprint density at radius 2 is 2.33 bits per heavy atom. The number of hydrogen-bond donors (Lipinski definition) is 1. The van der Waals surface area contributed by atoms with Crippen LogP contribution >= 0.6 is 22.6 Å². The second-order valence-electron chi connectivity index (χ2n) is 2.52. The summed E-state index contributed by atoms with van der Waals surface area (Å²) < 4.78 is 1.08. The van der Waals surface area contributed by atoms with Gasteiger partial charge in [-0.2, -0.15) is 5.10 Å². The van der Waals surface area contributed by atoms with Crippen LogP contribution in [0.5, 0.6) is 0 Å². The van der Waals surface area contributed by atoms with Crippen molar-refractivity contribution in [1.29, 1.82) is 0 Å². The third-order valence-corrected chi connectivity index (χ3v) is 2.59. The Hall–Kier alpha value is -0.840. The molecule has 0 bridgehead atoms. The first-order valence-electron chi connectivity index (χ1n) is 3.57. The molecular weight excluding hydrogens is 263 g/mol. The topological polar surface area (TPSA) is 28.7 Å². The highest BCUT2D eigenvalue weighted by Crippen LogP contribution is 2.18. The normalized spacial score (nSPS) is 10.4. The van der Waals surface area contributed by atoms with Gasteiger partial charge in [-0.25, -0.2) is 0 Å². The molecule has 0 aliphatic carbocycles. The first kappa shape index (κ1) is 7.79. The summed E-state index contributed by atoms with van der Waals surface area (Å²) in [5.74, 6) is 0. The quantitative estimate of drug-likeness (QED) is 0.793. The van der Waals surface area contributed by atoms with Crippen molar-refractivity contribution in [3.8, 4) is 0 Å². The second kappa shape index (κ2) is 2.90. The molecule has 0 aliphatic rings. The molecular formula is C9H7IN2. The number of benzene rings is 1. The molecule has 12 heavy (non-hydrogen) atoms. The van der Waals surface area contributed by atoms with E-state index >= 15 is 0 Å². The number of aromatic amines is 1.